The van der Waals surface area contributed by atoms with Gasteiger partial charge < -0.3 is 9.84 Å². The molecule has 0 aliphatic heterocycles. The second kappa shape index (κ2) is 5.03. The lowest BCUT2D eigenvalue weighted by atomic mass is 10.1. The molecule has 0 radical (unpaired) electrons. The lowest BCUT2D eigenvalue weighted by Gasteiger charge is -2.11. The molecular formula is C10H8F3NO4. The maximum atomic E-state index is 12.6. The Morgan fingerprint density at radius 2 is 2.06 bits per heavy atom. The first-order valence-electron chi connectivity index (χ1n) is 4.75. The van der Waals surface area contributed by atoms with Crippen LogP contribution in [0.15, 0.2) is 12.3 Å². The van der Waals surface area contributed by atoms with E-state index in [0.29, 0.717) is 12.3 Å². The van der Waals surface area contributed by atoms with Crippen LogP contribution in [0.5, 0.6) is 0 Å². The number of carbonyl (C=O) groups is 2. The average molecular weight is 263 g/mol. The Labute approximate surface area is 99.2 Å². The largest absolute Gasteiger partial charge is 0.478 e. The van der Waals surface area contributed by atoms with Gasteiger partial charge in [0.2, 0.25) is 0 Å². The molecule has 0 aliphatic rings. The van der Waals surface area contributed by atoms with Gasteiger partial charge in [-0.05, 0) is 13.0 Å². The summed E-state index contributed by atoms with van der Waals surface area (Å²) in [6, 6.07) is 0.593. The molecule has 0 fully saturated rings. The maximum absolute atomic E-state index is 12.6. The van der Waals surface area contributed by atoms with Crippen LogP contribution >= 0.6 is 0 Å². The predicted octanol–water partition coefficient (Wildman–Crippen LogP) is 1.98. The van der Waals surface area contributed by atoms with E-state index in [0.717, 1.165) is 0 Å². The highest BCUT2D eigenvalue weighted by molar-refractivity contribution is 5.95. The van der Waals surface area contributed by atoms with Crippen LogP contribution in [0.2, 0.25) is 0 Å². The van der Waals surface area contributed by atoms with E-state index < -0.39 is 34.9 Å². The van der Waals surface area contributed by atoms with Gasteiger partial charge in [-0.25, -0.2) is 9.59 Å². The number of aromatic carboxylic acids is 1. The number of nitrogens with zero attached hydrogens (tertiary/aromatic N) is 1. The van der Waals surface area contributed by atoms with E-state index in [1.54, 1.807) is 0 Å². The van der Waals surface area contributed by atoms with Crippen LogP contribution in [-0.2, 0) is 10.9 Å². The van der Waals surface area contributed by atoms with Crippen LogP contribution in [0.3, 0.4) is 0 Å². The summed E-state index contributed by atoms with van der Waals surface area (Å²) in [5, 5.41) is 8.64. The van der Waals surface area contributed by atoms with E-state index in [-0.39, 0.29) is 6.61 Å². The fourth-order valence-corrected chi connectivity index (χ4v) is 1.17. The van der Waals surface area contributed by atoms with Crippen molar-refractivity contribution in [2.45, 2.75) is 13.1 Å². The second-order valence-electron chi connectivity index (χ2n) is 3.14. The number of carboxylic acids is 1. The Bertz CT molecular complexity index is 485. The summed E-state index contributed by atoms with van der Waals surface area (Å²) < 4.78 is 42.1. The van der Waals surface area contributed by atoms with Gasteiger partial charge in [0.1, 0.15) is 0 Å². The predicted molar refractivity (Wildman–Crippen MR) is 52.2 cm³/mol. The van der Waals surface area contributed by atoms with E-state index in [2.05, 4.69) is 9.72 Å². The van der Waals surface area contributed by atoms with E-state index in [1.807, 2.05) is 0 Å². The Balaban J connectivity index is 3.36. The molecule has 1 aromatic rings. The van der Waals surface area contributed by atoms with Crippen molar-refractivity contribution in [3.05, 3.63) is 29.1 Å². The van der Waals surface area contributed by atoms with Crippen LogP contribution in [0.1, 0.15) is 33.3 Å². The minimum Gasteiger partial charge on any atom is -0.478 e. The average Bonchev–Trinajstić information content (AvgIpc) is 2.27. The number of hydrogen-bond acceptors (Lipinski definition) is 4. The van der Waals surface area contributed by atoms with Crippen molar-refractivity contribution in [2.75, 3.05) is 6.61 Å². The number of carboxylic acid groups (broad SMARTS) is 1. The number of carbonyl (C=O) groups excluding carboxylic acids is 1. The molecule has 5 nitrogen and oxygen atoms in total. The van der Waals surface area contributed by atoms with Crippen LogP contribution in [0.4, 0.5) is 13.2 Å². The van der Waals surface area contributed by atoms with Crippen molar-refractivity contribution in [1.29, 1.82) is 0 Å². The summed E-state index contributed by atoms with van der Waals surface area (Å²) in [6.07, 6.45) is -4.33. The highest BCUT2D eigenvalue weighted by atomic mass is 19.4. The van der Waals surface area contributed by atoms with E-state index in [4.69, 9.17) is 5.11 Å². The number of ether oxygens (including phenoxy) is 1. The molecule has 1 heterocycles. The van der Waals surface area contributed by atoms with Gasteiger partial charge >= 0.3 is 18.1 Å². The molecule has 98 valence electrons. The minimum atomic E-state index is -4.86. The zero-order valence-electron chi connectivity index (χ0n) is 9.11. The first-order valence-corrected chi connectivity index (χ1v) is 4.75. The molecule has 0 unspecified atom stereocenters. The third-order valence-corrected chi connectivity index (χ3v) is 1.90. The lowest BCUT2D eigenvalue weighted by molar-refractivity contribution is -0.141. The van der Waals surface area contributed by atoms with Gasteiger partial charge in [-0.3, -0.25) is 4.98 Å². The van der Waals surface area contributed by atoms with Crippen molar-refractivity contribution in [2.24, 2.45) is 0 Å². The zero-order valence-corrected chi connectivity index (χ0v) is 9.11. The van der Waals surface area contributed by atoms with Gasteiger partial charge in [-0.15, -0.1) is 0 Å². The number of alkyl halides is 3. The molecule has 18 heavy (non-hydrogen) atoms. The molecule has 1 rings (SSSR count). The summed E-state index contributed by atoms with van der Waals surface area (Å²) >= 11 is 0. The third-order valence-electron chi connectivity index (χ3n) is 1.90. The Morgan fingerprint density at radius 3 is 2.50 bits per heavy atom. The van der Waals surface area contributed by atoms with Gasteiger partial charge in [0, 0.05) is 6.20 Å². The smallest absolute Gasteiger partial charge is 0.434 e. The number of esters is 1. The number of hydrogen-bond donors (Lipinski definition) is 1. The van der Waals surface area contributed by atoms with Crippen LogP contribution < -0.4 is 0 Å². The van der Waals surface area contributed by atoms with Crippen LogP contribution in [0.25, 0.3) is 0 Å². The highest BCUT2D eigenvalue weighted by Crippen LogP contribution is 2.31. The zero-order chi connectivity index (χ0) is 13.9. The number of aromatic nitrogens is 1. The van der Waals surface area contributed by atoms with Gasteiger partial charge in [-0.1, -0.05) is 0 Å². The van der Waals surface area contributed by atoms with Gasteiger partial charge in [0.25, 0.3) is 0 Å². The number of halogens is 3. The van der Waals surface area contributed by atoms with Crippen molar-refractivity contribution < 1.29 is 32.6 Å². The van der Waals surface area contributed by atoms with Crippen molar-refractivity contribution >= 4 is 11.9 Å². The summed E-state index contributed by atoms with van der Waals surface area (Å²) in [5.74, 6) is -2.75. The second-order valence-corrected chi connectivity index (χ2v) is 3.14. The molecule has 0 saturated carbocycles. The van der Waals surface area contributed by atoms with Crippen LogP contribution in [0, 0.1) is 0 Å². The van der Waals surface area contributed by atoms with Gasteiger partial charge in [0.15, 0.2) is 5.69 Å². The molecule has 0 spiro atoms. The number of rotatable bonds is 3. The normalized spacial score (nSPS) is 11.1. The molecule has 1 N–H and O–H groups in total. The fraction of sp³-hybridized carbons (Fsp3) is 0.300. The Kier molecular flexibility index (Phi) is 3.89. The number of pyridine rings is 1. The molecule has 0 aliphatic carbocycles. The quantitative estimate of drug-likeness (QED) is 0.844. The summed E-state index contributed by atoms with van der Waals surface area (Å²) in [7, 11) is 0. The van der Waals surface area contributed by atoms with E-state index in [1.165, 1.54) is 6.92 Å². The fourth-order valence-electron chi connectivity index (χ4n) is 1.17. The summed E-state index contributed by atoms with van der Waals surface area (Å²) in [4.78, 5) is 24.9. The molecule has 8 heteroatoms. The van der Waals surface area contributed by atoms with E-state index >= 15 is 0 Å². The maximum Gasteiger partial charge on any atom is 0.434 e. The molecular weight excluding hydrogens is 255 g/mol. The minimum absolute atomic E-state index is 0.132. The monoisotopic (exact) mass is 263 g/mol. The molecule has 0 amide bonds. The van der Waals surface area contributed by atoms with Gasteiger partial charge in [0.05, 0.1) is 17.7 Å². The molecule has 0 bridgehead atoms. The molecule has 1 aromatic heterocycles. The Hall–Kier alpha value is -2.12. The topological polar surface area (TPSA) is 76.5 Å². The highest BCUT2D eigenvalue weighted by Gasteiger charge is 2.38. The van der Waals surface area contributed by atoms with E-state index in [9.17, 15) is 22.8 Å². The van der Waals surface area contributed by atoms with Crippen molar-refractivity contribution in [3.8, 4) is 0 Å². The lowest BCUT2D eigenvalue weighted by Crippen LogP contribution is -2.18. The third kappa shape index (κ3) is 2.96. The molecule has 0 saturated heterocycles. The molecule has 0 aromatic carbocycles. The Morgan fingerprint density at radius 1 is 1.44 bits per heavy atom. The standard InChI is InChI=1S/C10H8F3NO4/c1-2-18-9(17)6-3-5(8(15)16)4-14-7(6)10(11,12)13/h3-4H,2H2,1H3,(H,15,16). The molecule has 0 atom stereocenters. The first kappa shape index (κ1) is 13.9. The summed E-state index contributed by atoms with van der Waals surface area (Å²) in [6.45, 7) is 1.28. The van der Waals surface area contributed by atoms with Crippen molar-refractivity contribution in [3.63, 3.8) is 0 Å². The SMILES string of the molecule is CCOC(=O)c1cc(C(=O)O)cnc1C(F)(F)F. The summed E-state index contributed by atoms with van der Waals surface area (Å²) in [5.41, 5.74) is -2.90. The van der Waals surface area contributed by atoms with Gasteiger partial charge in [-0.2, -0.15) is 13.2 Å². The van der Waals surface area contributed by atoms with Crippen LogP contribution in [-0.4, -0.2) is 28.6 Å². The first-order chi connectivity index (χ1) is 8.27. The van der Waals surface area contributed by atoms with Crippen molar-refractivity contribution in [1.82, 2.24) is 4.98 Å².